The van der Waals surface area contributed by atoms with Crippen LogP contribution in [0, 0.1) is 0 Å². The van der Waals surface area contributed by atoms with Gasteiger partial charge in [0.05, 0.1) is 0 Å². The SMILES string of the molecule is CCc1c(Cl)cccc1[C@H]1CCCN1C(C)(C)C. The summed E-state index contributed by atoms with van der Waals surface area (Å²) >= 11 is 6.35. The van der Waals surface area contributed by atoms with E-state index in [2.05, 4.69) is 44.7 Å². The minimum atomic E-state index is 0.231. The lowest BCUT2D eigenvalue weighted by Crippen LogP contribution is -2.40. The van der Waals surface area contributed by atoms with Crippen molar-refractivity contribution in [3.05, 3.63) is 34.3 Å². The highest BCUT2D eigenvalue weighted by molar-refractivity contribution is 6.31. The molecule has 0 unspecified atom stereocenters. The molecule has 0 amide bonds. The number of hydrogen-bond acceptors (Lipinski definition) is 1. The molecule has 0 spiro atoms. The molecule has 1 aliphatic rings. The highest BCUT2D eigenvalue weighted by atomic mass is 35.5. The molecule has 0 N–H and O–H groups in total. The molecule has 0 bridgehead atoms. The Morgan fingerprint density at radius 2 is 2.06 bits per heavy atom. The van der Waals surface area contributed by atoms with Crippen LogP contribution >= 0.6 is 11.6 Å². The van der Waals surface area contributed by atoms with Crippen molar-refractivity contribution in [2.75, 3.05) is 6.54 Å². The van der Waals surface area contributed by atoms with Crippen LogP contribution in [0.1, 0.15) is 57.7 Å². The van der Waals surface area contributed by atoms with E-state index < -0.39 is 0 Å². The predicted octanol–water partition coefficient (Wildman–Crippen LogP) is 4.84. The van der Waals surface area contributed by atoms with Gasteiger partial charge < -0.3 is 0 Å². The van der Waals surface area contributed by atoms with Gasteiger partial charge in [-0.2, -0.15) is 0 Å². The molecule has 0 radical (unpaired) electrons. The van der Waals surface area contributed by atoms with E-state index in [1.165, 1.54) is 30.5 Å². The third-order valence-electron chi connectivity index (χ3n) is 3.98. The van der Waals surface area contributed by atoms with Gasteiger partial charge in [0.1, 0.15) is 0 Å². The van der Waals surface area contributed by atoms with Gasteiger partial charge >= 0.3 is 0 Å². The van der Waals surface area contributed by atoms with Crippen LogP contribution in [0.2, 0.25) is 5.02 Å². The second kappa shape index (κ2) is 5.22. The van der Waals surface area contributed by atoms with Crippen molar-refractivity contribution in [1.82, 2.24) is 4.90 Å². The third-order valence-corrected chi connectivity index (χ3v) is 4.34. The molecule has 1 aliphatic heterocycles. The van der Waals surface area contributed by atoms with E-state index in [1.54, 1.807) is 0 Å². The van der Waals surface area contributed by atoms with E-state index in [4.69, 9.17) is 11.6 Å². The lowest BCUT2D eigenvalue weighted by atomic mass is 9.94. The fourth-order valence-electron chi connectivity index (χ4n) is 3.15. The van der Waals surface area contributed by atoms with E-state index in [0.29, 0.717) is 6.04 Å². The molecule has 1 fully saturated rings. The summed E-state index contributed by atoms with van der Waals surface area (Å²) in [5.74, 6) is 0. The maximum atomic E-state index is 6.35. The Hall–Kier alpha value is -0.530. The Morgan fingerprint density at radius 3 is 2.67 bits per heavy atom. The largest absolute Gasteiger partial charge is 0.291 e. The summed E-state index contributed by atoms with van der Waals surface area (Å²) in [5, 5.41) is 0.927. The second-order valence-corrected chi connectivity index (χ2v) is 6.59. The number of hydrogen-bond donors (Lipinski definition) is 0. The van der Waals surface area contributed by atoms with Crippen molar-refractivity contribution in [2.45, 2.75) is 58.5 Å². The molecule has 2 heteroatoms. The first-order valence-corrected chi connectivity index (χ1v) is 7.37. The first kappa shape index (κ1) is 13.9. The molecule has 1 atom stereocenters. The molecule has 1 nitrogen and oxygen atoms in total. The zero-order chi connectivity index (χ0) is 13.3. The normalized spacial score (nSPS) is 21.5. The quantitative estimate of drug-likeness (QED) is 0.740. The molecule has 1 heterocycles. The Bertz CT molecular complexity index is 420. The monoisotopic (exact) mass is 265 g/mol. The topological polar surface area (TPSA) is 3.24 Å². The first-order valence-electron chi connectivity index (χ1n) is 6.99. The van der Waals surface area contributed by atoms with Crippen LogP contribution in [-0.4, -0.2) is 17.0 Å². The van der Waals surface area contributed by atoms with Crippen LogP contribution in [0.25, 0.3) is 0 Å². The average Bonchev–Trinajstić information content (AvgIpc) is 2.77. The Kier molecular flexibility index (Phi) is 4.03. The zero-order valence-electron chi connectivity index (χ0n) is 12.0. The summed E-state index contributed by atoms with van der Waals surface area (Å²) in [6.45, 7) is 10.3. The Labute approximate surface area is 116 Å². The summed E-state index contributed by atoms with van der Waals surface area (Å²) in [5.41, 5.74) is 3.01. The van der Waals surface area contributed by atoms with Gasteiger partial charge in [-0.1, -0.05) is 30.7 Å². The van der Waals surface area contributed by atoms with Gasteiger partial charge in [0, 0.05) is 16.6 Å². The highest BCUT2D eigenvalue weighted by Crippen LogP contribution is 2.40. The number of halogens is 1. The molecule has 1 saturated heterocycles. The van der Waals surface area contributed by atoms with Crippen molar-refractivity contribution in [3.63, 3.8) is 0 Å². The summed E-state index contributed by atoms with van der Waals surface area (Å²) in [7, 11) is 0. The number of rotatable bonds is 2. The van der Waals surface area contributed by atoms with Gasteiger partial charge in [-0.05, 0) is 63.8 Å². The van der Waals surface area contributed by atoms with E-state index in [0.717, 1.165) is 11.4 Å². The van der Waals surface area contributed by atoms with Gasteiger partial charge in [-0.15, -0.1) is 0 Å². The zero-order valence-corrected chi connectivity index (χ0v) is 12.7. The van der Waals surface area contributed by atoms with Gasteiger partial charge in [-0.25, -0.2) is 0 Å². The molecular formula is C16H24ClN. The summed E-state index contributed by atoms with van der Waals surface area (Å²) in [6, 6.07) is 6.91. The van der Waals surface area contributed by atoms with E-state index in [9.17, 15) is 0 Å². The summed E-state index contributed by atoms with van der Waals surface area (Å²) in [4.78, 5) is 2.62. The van der Waals surface area contributed by atoms with Crippen LogP contribution < -0.4 is 0 Å². The first-order chi connectivity index (χ1) is 8.45. The fourth-order valence-corrected chi connectivity index (χ4v) is 3.47. The van der Waals surface area contributed by atoms with E-state index in [1.807, 2.05) is 6.07 Å². The summed E-state index contributed by atoms with van der Waals surface area (Å²) in [6.07, 6.45) is 3.56. The van der Waals surface area contributed by atoms with Crippen molar-refractivity contribution in [2.24, 2.45) is 0 Å². The maximum absolute atomic E-state index is 6.35. The number of nitrogens with zero attached hydrogens (tertiary/aromatic N) is 1. The van der Waals surface area contributed by atoms with Gasteiger partial charge in [0.2, 0.25) is 0 Å². The van der Waals surface area contributed by atoms with Crippen LogP contribution in [0.4, 0.5) is 0 Å². The number of benzene rings is 1. The lowest BCUT2D eigenvalue weighted by molar-refractivity contribution is 0.121. The van der Waals surface area contributed by atoms with Crippen LogP contribution in [0.5, 0.6) is 0 Å². The van der Waals surface area contributed by atoms with Crippen LogP contribution in [0.15, 0.2) is 18.2 Å². The Balaban J connectivity index is 2.39. The van der Waals surface area contributed by atoms with Gasteiger partial charge in [0.15, 0.2) is 0 Å². The van der Waals surface area contributed by atoms with Crippen molar-refractivity contribution in [3.8, 4) is 0 Å². The maximum Gasteiger partial charge on any atom is 0.0441 e. The van der Waals surface area contributed by atoms with Gasteiger partial charge in [-0.3, -0.25) is 4.90 Å². The molecule has 1 aromatic rings. The van der Waals surface area contributed by atoms with Crippen molar-refractivity contribution >= 4 is 11.6 Å². The Morgan fingerprint density at radius 1 is 1.33 bits per heavy atom. The minimum absolute atomic E-state index is 0.231. The fraction of sp³-hybridized carbons (Fsp3) is 0.625. The van der Waals surface area contributed by atoms with Crippen LogP contribution in [-0.2, 0) is 6.42 Å². The van der Waals surface area contributed by atoms with Gasteiger partial charge in [0.25, 0.3) is 0 Å². The van der Waals surface area contributed by atoms with E-state index in [-0.39, 0.29) is 5.54 Å². The lowest BCUT2D eigenvalue weighted by Gasteiger charge is -2.38. The molecule has 0 saturated carbocycles. The van der Waals surface area contributed by atoms with Crippen LogP contribution in [0.3, 0.4) is 0 Å². The standard InChI is InChI=1S/C16H24ClN/c1-5-12-13(8-6-9-14(12)17)15-10-7-11-18(15)16(2,3)4/h6,8-9,15H,5,7,10-11H2,1-4H3/t15-/m1/s1. The summed E-state index contributed by atoms with van der Waals surface area (Å²) < 4.78 is 0. The van der Waals surface area contributed by atoms with E-state index >= 15 is 0 Å². The van der Waals surface area contributed by atoms with Crippen molar-refractivity contribution < 1.29 is 0 Å². The molecule has 0 aliphatic carbocycles. The minimum Gasteiger partial charge on any atom is -0.291 e. The predicted molar refractivity (Wildman–Crippen MR) is 79.3 cm³/mol. The number of likely N-dealkylation sites (tertiary alicyclic amines) is 1. The highest BCUT2D eigenvalue weighted by Gasteiger charge is 2.34. The van der Waals surface area contributed by atoms with Crippen molar-refractivity contribution in [1.29, 1.82) is 0 Å². The molecular weight excluding hydrogens is 242 g/mol. The molecule has 0 aromatic heterocycles. The smallest absolute Gasteiger partial charge is 0.0441 e. The average molecular weight is 266 g/mol. The second-order valence-electron chi connectivity index (χ2n) is 6.18. The third kappa shape index (κ3) is 2.57. The molecule has 2 rings (SSSR count). The molecule has 1 aromatic carbocycles. The molecule has 100 valence electrons. The molecule has 18 heavy (non-hydrogen) atoms.